The number of rotatable bonds is 5. The number of hydrogen-bond donors (Lipinski definition) is 1. The molecule has 7 nitrogen and oxygen atoms in total. The molecule has 3 heterocycles. The van der Waals surface area contributed by atoms with Gasteiger partial charge in [-0.3, -0.25) is 4.79 Å². The average molecular weight is 410 g/mol. The molecule has 8 heteroatoms. The first kappa shape index (κ1) is 19.3. The highest BCUT2D eigenvalue weighted by molar-refractivity contribution is 7.13. The molecule has 0 saturated carbocycles. The van der Waals surface area contributed by atoms with Crippen molar-refractivity contribution < 1.29 is 9.53 Å². The second-order valence-electron chi connectivity index (χ2n) is 7.12. The van der Waals surface area contributed by atoms with E-state index in [2.05, 4.69) is 26.3 Å². The molecule has 150 valence electrons. The number of nitrogens with zero attached hydrogens (tertiary/aromatic N) is 4. The van der Waals surface area contributed by atoms with Gasteiger partial charge >= 0.3 is 0 Å². The van der Waals surface area contributed by atoms with Gasteiger partial charge in [0, 0.05) is 29.9 Å². The summed E-state index contributed by atoms with van der Waals surface area (Å²) in [5.74, 6) is 1.47. The lowest BCUT2D eigenvalue weighted by Crippen LogP contribution is -2.36. The zero-order chi connectivity index (χ0) is 20.4. The average Bonchev–Trinajstić information content (AvgIpc) is 3.12. The van der Waals surface area contributed by atoms with Gasteiger partial charge in [-0.05, 0) is 49.6 Å². The number of thiazole rings is 1. The van der Waals surface area contributed by atoms with E-state index in [1.807, 2.05) is 42.3 Å². The van der Waals surface area contributed by atoms with Crippen LogP contribution in [0.15, 0.2) is 29.6 Å². The SMILES string of the molecule is COc1ccc2c(c1)CCN(C(=O)Cc1csc(Nc3nc(C)cc(C)n3)n1)C2. The Morgan fingerprint density at radius 1 is 1.17 bits per heavy atom. The van der Waals surface area contributed by atoms with Crippen molar-refractivity contribution in [3.05, 3.63) is 57.9 Å². The molecule has 4 rings (SSSR count). The molecule has 0 bridgehead atoms. The van der Waals surface area contributed by atoms with Crippen LogP contribution >= 0.6 is 11.3 Å². The summed E-state index contributed by atoms with van der Waals surface area (Å²) in [6.45, 7) is 5.20. The maximum atomic E-state index is 12.8. The fraction of sp³-hybridized carbons (Fsp3) is 0.333. The number of fused-ring (bicyclic) bond motifs is 1. The van der Waals surface area contributed by atoms with Crippen LogP contribution in [0.4, 0.5) is 11.1 Å². The highest BCUT2D eigenvalue weighted by Crippen LogP contribution is 2.25. The van der Waals surface area contributed by atoms with Gasteiger partial charge in [-0.15, -0.1) is 11.3 Å². The topological polar surface area (TPSA) is 80.2 Å². The van der Waals surface area contributed by atoms with Gasteiger partial charge in [0.15, 0.2) is 5.13 Å². The van der Waals surface area contributed by atoms with Crippen LogP contribution < -0.4 is 10.1 Å². The van der Waals surface area contributed by atoms with Crippen LogP contribution in [0, 0.1) is 13.8 Å². The fourth-order valence-electron chi connectivity index (χ4n) is 3.46. The molecule has 1 aliphatic rings. The largest absolute Gasteiger partial charge is 0.497 e. The van der Waals surface area contributed by atoms with Crippen molar-refractivity contribution >= 4 is 28.3 Å². The number of aromatic nitrogens is 3. The van der Waals surface area contributed by atoms with E-state index in [1.54, 1.807) is 7.11 Å². The molecule has 0 spiro atoms. The monoisotopic (exact) mass is 409 g/mol. The normalized spacial score (nSPS) is 13.1. The van der Waals surface area contributed by atoms with Gasteiger partial charge in [0.25, 0.3) is 0 Å². The molecule has 1 N–H and O–H groups in total. The standard InChI is InChI=1S/C21H23N5O2S/c1-13-8-14(2)23-20(22-13)25-21-24-17(12-29-21)10-19(27)26-7-6-15-9-18(28-3)5-4-16(15)11-26/h4-5,8-9,12H,6-7,10-11H2,1-3H3,(H,22,23,24,25). The third-order valence-electron chi connectivity index (χ3n) is 4.86. The van der Waals surface area contributed by atoms with Crippen LogP contribution in [-0.4, -0.2) is 39.4 Å². The van der Waals surface area contributed by atoms with Gasteiger partial charge in [0.05, 0.1) is 19.2 Å². The number of aryl methyl sites for hydroxylation is 2. The van der Waals surface area contributed by atoms with Crippen molar-refractivity contribution in [1.82, 2.24) is 19.9 Å². The molecule has 0 aliphatic carbocycles. The summed E-state index contributed by atoms with van der Waals surface area (Å²) in [5.41, 5.74) is 4.98. The van der Waals surface area contributed by atoms with Gasteiger partial charge in [0.2, 0.25) is 11.9 Å². The lowest BCUT2D eigenvalue weighted by atomic mass is 9.99. The molecule has 1 aliphatic heterocycles. The van der Waals surface area contributed by atoms with Gasteiger partial charge in [-0.2, -0.15) is 0 Å². The van der Waals surface area contributed by atoms with Crippen LogP contribution in [0.3, 0.4) is 0 Å². The number of amides is 1. The Labute approximate surface area is 173 Å². The van der Waals surface area contributed by atoms with E-state index in [4.69, 9.17) is 4.74 Å². The van der Waals surface area contributed by atoms with Crippen molar-refractivity contribution in [2.75, 3.05) is 19.0 Å². The van der Waals surface area contributed by atoms with Gasteiger partial charge in [-0.25, -0.2) is 15.0 Å². The first-order valence-electron chi connectivity index (χ1n) is 9.47. The van der Waals surface area contributed by atoms with Crippen LogP contribution in [0.5, 0.6) is 5.75 Å². The predicted molar refractivity (Wildman–Crippen MR) is 113 cm³/mol. The highest BCUT2D eigenvalue weighted by Gasteiger charge is 2.22. The van der Waals surface area contributed by atoms with E-state index in [0.29, 0.717) is 24.2 Å². The Morgan fingerprint density at radius 2 is 1.97 bits per heavy atom. The lowest BCUT2D eigenvalue weighted by Gasteiger charge is -2.29. The molecule has 0 radical (unpaired) electrons. The Kier molecular flexibility index (Phi) is 5.44. The molecule has 0 saturated heterocycles. The van der Waals surface area contributed by atoms with Crippen LogP contribution in [0.2, 0.25) is 0 Å². The summed E-state index contributed by atoms with van der Waals surface area (Å²) in [4.78, 5) is 27.9. The summed E-state index contributed by atoms with van der Waals surface area (Å²) < 4.78 is 5.29. The Balaban J connectivity index is 1.39. The number of benzene rings is 1. The number of nitrogens with one attached hydrogen (secondary N) is 1. The van der Waals surface area contributed by atoms with E-state index in [-0.39, 0.29) is 12.3 Å². The Hall–Kier alpha value is -3.00. The minimum atomic E-state index is 0.0889. The second-order valence-corrected chi connectivity index (χ2v) is 7.98. The van der Waals surface area contributed by atoms with Gasteiger partial charge in [-0.1, -0.05) is 6.07 Å². The molecule has 29 heavy (non-hydrogen) atoms. The molecule has 1 amide bonds. The number of hydrogen-bond acceptors (Lipinski definition) is 7. The number of ether oxygens (including phenoxy) is 1. The first-order chi connectivity index (χ1) is 14.0. The van der Waals surface area contributed by atoms with Crippen LogP contribution in [0.1, 0.15) is 28.2 Å². The van der Waals surface area contributed by atoms with E-state index in [1.165, 1.54) is 22.5 Å². The van der Waals surface area contributed by atoms with Gasteiger partial charge < -0.3 is 15.0 Å². The summed E-state index contributed by atoms with van der Waals surface area (Å²) >= 11 is 1.45. The minimum Gasteiger partial charge on any atom is -0.497 e. The summed E-state index contributed by atoms with van der Waals surface area (Å²) in [7, 11) is 1.67. The highest BCUT2D eigenvalue weighted by atomic mass is 32.1. The molecule has 0 unspecified atom stereocenters. The van der Waals surface area contributed by atoms with Crippen LogP contribution in [0.25, 0.3) is 0 Å². The van der Waals surface area contributed by atoms with E-state index < -0.39 is 0 Å². The molecular formula is C21H23N5O2S. The Morgan fingerprint density at radius 3 is 2.72 bits per heavy atom. The fourth-order valence-corrected chi connectivity index (χ4v) is 4.16. The second kappa shape index (κ2) is 8.16. The lowest BCUT2D eigenvalue weighted by molar-refractivity contribution is -0.131. The van der Waals surface area contributed by atoms with Crippen molar-refractivity contribution in [1.29, 1.82) is 0 Å². The molecule has 1 aromatic carbocycles. The quantitative estimate of drug-likeness (QED) is 0.695. The third-order valence-corrected chi connectivity index (χ3v) is 5.67. The number of carbonyl (C=O) groups is 1. The first-order valence-corrected chi connectivity index (χ1v) is 10.4. The molecule has 0 atom stereocenters. The zero-order valence-corrected chi connectivity index (χ0v) is 17.5. The maximum Gasteiger partial charge on any atom is 0.229 e. The molecule has 0 fully saturated rings. The van der Waals surface area contributed by atoms with Crippen LogP contribution in [-0.2, 0) is 24.2 Å². The summed E-state index contributed by atoms with van der Waals surface area (Å²) in [5, 5.41) is 5.73. The molecular weight excluding hydrogens is 386 g/mol. The summed E-state index contributed by atoms with van der Waals surface area (Å²) in [6.07, 6.45) is 1.13. The van der Waals surface area contributed by atoms with Crippen molar-refractivity contribution in [3.63, 3.8) is 0 Å². The Bertz CT molecular complexity index is 1030. The van der Waals surface area contributed by atoms with E-state index >= 15 is 0 Å². The van der Waals surface area contributed by atoms with Crippen molar-refractivity contribution in [2.45, 2.75) is 33.2 Å². The number of methoxy groups -OCH3 is 1. The minimum absolute atomic E-state index is 0.0889. The maximum absolute atomic E-state index is 12.8. The van der Waals surface area contributed by atoms with E-state index in [9.17, 15) is 4.79 Å². The van der Waals surface area contributed by atoms with E-state index in [0.717, 1.165) is 29.3 Å². The zero-order valence-electron chi connectivity index (χ0n) is 16.7. The third kappa shape index (κ3) is 4.54. The number of anilines is 2. The van der Waals surface area contributed by atoms with Crippen molar-refractivity contribution in [3.8, 4) is 5.75 Å². The number of carbonyl (C=O) groups excluding carboxylic acids is 1. The predicted octanol–water partition coefficient (Wildman–Crippen LogP) is 3.43. The molecule has 2 aromatic heterocycles. The van der Waals surface area contributed by atoms with Gasteiger partial charge in [0.1, 0.15) is 5.75 Å². The summed E-state index contributed by atoms with van der Waals surface area (Å²) in [6, 6.07) is 7.97. The smallest absolute Gasteiger partial charge is 0.229 e. The molecule has 3 aromatic rings. The van der Waals surface area contributed by atoms with Crippen molar-refractivity contribution in [2.24, 2.45) is 0 Å².